The number of halogens is 2. The Morgan fingerprint density at radius 2 is 1.72 bits per heavy atom. The largest absolute Gasteiger partial charge is 0.481 e. The Labute approximate surface area is 158 Å². The van der Waals surface area contributed by atoms with E-state index in [2.05, 4.69) is 15.9 Å². The number of carboxylic acids is 1. The van der Waals surface area contributed by atoms with Crippen LogP contribution in [0, 0.1) is 5.41 Å². The average molecular weight is 445 g/mol. The zero-order valence-electron chi connectivity index (χ0n) is 12.9. The van der Waals surface area contributed by atoms with E-state index in [0.29, 0.717) is 10.6 Å². The summed E-state index contributed by atoms with van der Waals surface area (Å²) < 4.78 is 27.0. The van der Waals surface area contributed by atoms with Crippen molar-refractivity contribution >= 4 is 43.3 Å². The number of aliphatic carboxylic acids is 1. The molecule has 0 heterocycles. The first kappa shape index (κ1) is 18.4. The summed E-state index contributed by atoms with van der Waals surface area (Å²) in [6.07, 6.45) is 0. The van der Waals surface area contributed by atoms with E-state index in [1.54, 1.807) is 24.3 Å². The molecule has 3 N–H and O–H groups in total. The maximum atomic E-state index is 13.1. The molecule has 2 aromatic carbocycles. The molecule has 3 rings (SSSR count). The van der Waals surface area contributed by atoms with Gasteiger partial charge in [0.2, 0.25) is 0 Å². The summed E-state index contributed by atoms with van der Waals surface area (Å²) in [5.74, 6) is -1.91. The average Bonchev–Trinajstić information content (AvgIpc) is 3.27. The number of carbonyl (C=O) groups is 1. The summed E-state index contributed by atoms with van der Waals surface area (Å²) in [5.41, 5.74) is 4.84. The first-order valence-corrected chi connectivity index (χ1v) is 10.2. The van der Waals surface area contributed by atoms with Gasteiger partial charge in [-0.25, -0.2) is 8.42 Å². The molecule has 0 aliphatic heterocycles. The second-order valence-electron chi connectivity index (χ2n) is 6.00. The highest BCUT2D eigenvalue weighted by atomic mass is 79.9. The fourth-order valence-corrected chi connectivity index (χ4v) is 6.14. The highest BCUT2D eigenvalue weighted by molar-refractivity contribution is 9.10. The van der Waals surface area contributed by atoms with Gasteiger partial charge in [0.1, 0.15) is 5.41 Å². The third-order valence-corrected chi connectivity index (χ3v) is 7.77. The van der Waals surface area contributed by atoms with E-state index >= 15 is 0 Å². The van der Waals surface area contributed by atoms with Crippen LogP contribution in [0.5, 0.6) is 0 Å². The standard InChI is InChI=1S/C17H15BrClNO4S/c18-11-3-1-10(2-4-11)14-15(17(14,9-20)16(21)22)25(23,24)13-7-5-12(19)6-8-13/h1-8,14-15H,9,20H2,(H,21,22). The Balaban J connectivity index is 2.10. The van der Waals surface area contributed by atoms with Crippen molar-refractivity contribution in [3.05, 3.63) is 63.6 Å². The number of nitrogens with two attached hydrogens (primary N) is 1. The number of hydrogen-bond acceptors (Lipinski definition) is 4. The summed E-state index contributed by atoms with van der Waals surface area (Å²) in [4.78, 5) is 12.0. The fourth-order valence-electron chi connectivity index (χ4n) is 3.36. The molecule has 0 bridgehead atoms. The number of rotatable bonds is 5. The van der Waals surface area contributed by atoms with Crippen LogP contribution in [-0.4, -0.2) is 31.3 Å². The van der Waals surface area contributed by atoms with Crippen molar-refractivity contribution in [2.24, 2.45) is 11.1 Å². The van der Waals surface area contributed by atoms with E-state index in [0.717, 1.165) is 4.47 Å². The van der Waals surface area contributed by atoms with Gasteiger partial charge in [-0.2, -0.15) is 0 Å². The van der Waals surface area contributed by atoms with E-state index in [1.165, 1.54) is 24.3 Å². The quantitative estimate of drug-likeness (QED) is 0.738. The van der Waals surface area contributed by atoms with Crippen LogP contribution in [0.1, 0.15) is 11.5 Å². The lowest BCUT2D eigenvalue weighted by molar-refractivity contribution is -0.143. The third-order valence-electron chi connectivity index (χ3n) is 4.70. The molecule has 0 aromatic heterocycles. The summed E-state index contributed by atoms with van der Waals surface area (Å²) in [5, 5.41) is 9.02. The van der Waals surface area contributed by atoms with Gasteiger partial charge in [0.15, 0.2) is 9.84 Å². The van der Waals surface area contributed by atoms with Crippen molar-refractivity contribution in [1.82, 2.24) is 0 Å². The Morgan fingerprint density at radius 3 is 2.20 bits per heavy atom. The zero-order valence-corrected chi connectivity index (χ0v) is 16.1. The first-order chi connectivity index (χ1) is 11.7. The van der Waals surface area contributed by atoms with Crippen molar-refractivity contribution in [2.45, 2.75) is 16.1 Å². The molecular formula is C17H15BrClNO4S. The SMILES string of the molecule is NCC1(C(=O)O)C(c2ccc(Br)cc2)C1S(=O)(=O)c1ccc(Cl)cc1. The van der Waals surface area contributed by atoms with E-state index in [9.17, 15) is 18.3 Å². The predicted octanol–water partition coefficient (Wildman–Crippen LogP) is 3.07. The van der Waals surface area contributed by atoms with Gasteiger partial charge in [-0.1, -0.05) is 39.7 Å². The van der Waals surface area contributed by atoms with Gasteiger partial charge in [-0.3, -0.25) is 4.79 Å². The first-order valence-electron chi connectivity index (χ1n) is 7.43. The smallest absolute Gasteiger partial charge is 0.312 e. The lowest BCUT2D eigenvalue weighted by Gasteiger charge is -2.10. The number of hydrogen-bond donors (Lipinski definition) is 2. The van der Waals surface area contributed by atoms with Crippen LogP contribution in [-0.2, 0) is 14.6 Å². The van der Waals surface area contributed by atoms with Crippen LogP contribution < -0.4 is 5.73 Å². The van der Waals surface area contributed by atoms with Gasteiger partial charge < -0.3 is 10.8 Å². The molecule has 8 heteroatoms. The molecule has 1 fully saturated rings. The molecule has 1 aliphatic carbocycles. The second-order valence-corrected chi connectivity index (χ2v) is 9.42. The zero-order chi connectivity index (χ0) is 18.4. The minimum Gasteiger partial charge on any atom is -0.481 e. The summed E-state index contributed by atoms with van der Waals surface area (Å²) in [6, 6.07) is 12.7. The number of carboxylic acid groups (broad SMARTS) is 1. The number of sulfone groups is 1. The lowest BCUT2D eigenvalue weighted by atomic mass is 9.99. The molecule has 0 amide bonds. The van der Waals surface area contributed by atoms with Crippen LogP contribution in [0.25, 0.3) is 0 Å². The molecule has 0 radical (unpaired) electrons. The van der Waals surface area contributed by atoms with Gasteiger partial charge in [-0.05, 0) is 42.0 Å². The third kappa shape index (κ3) is 2.89. The molecule has 25 heavy (non-hydrogen) atoms. The molecular weight excluding hydrogens is 430 g/mol. The molecule has 2 aromatic rings. The minimum atomic E-state index is -3.89. The van der Waals surface area contributed by atoms with Crippen LogP contribution in [0.3, 0.4) is 0 Å². The predicted molar refractivity (Wildman–Crippen MR) is 98.4 cm³/mol. The van der Waals surface area contributed by atoms with Gasteiger partial charge >= 0.3 is 5.97 Å². The van der Waals surface area contributed by atoms with Gasteiger partial charge in [0, 0.05) is 22.0 Å². The Bertz CT molecular complexity index is 915. The number of benzene rings is 2. The normalized spacial score (nSPS) is 25.6. The Hall–Kier alpha value is -1.41. The van der Waals surface area contributed by atoms with E-state index in [-0.39, 0.29) is 11.4 Å². The maximum absolute atomic E-state index is 13.1. The van der Waals surface area contributed by atoms with Gasteiger partial charge in [0.25, 0.3) is 0 Å². The monoisotopic (exact) mass is 443 g/mol. The molecule has 5 nitrogen and oxygen atoms in total. The van der Waals surface area contributed by atoms with E-state index < -0.39 is 32.4 Å². The van der Waals surface area contributed by atoms with Crippen LogP contribution >= 0.6 is 27.5 Å². The van der Waals surface area contributed by atoms with Gasteiger partial charge in [-0.15, -0.1) is 0 Å². The van der Waals surface area contributed by atoms with Crippen molar-refractivity contribution in [3.63, 3.8) is 0 Å². The van der Waals surface area contributed by atoms with Crippen molar-refractivity contribution < 1.29 is 18.3 Å². The molecule has 3 unspecified atom stereocenters. The van der Waals surface area contributed by atoms with Crippen LogP contribution in [0.2, 0.25) is 5.02 Å². The Kier molecular flexibility index (Phi) is 4.70. The summed E-state index contributed by atoms with van der Waals surface area (Å²) >= 11 is 9.13. The Morgan fingerprint density at radius 1 is 1.16 bits per heavy atom. The van der Waals surface area contributed by atoms with Crippen molar-refractivity contribution in [2.75, 3.05) is 6.54 Å². The second kappa shape index (κ2) is 6.39. The molecule has 1 saturated carbocycles. The summed E-state index contributed by atoms with van der Waals surface area (Å²) in [6.45, 7) is -0.263. The van der Waals surface area contributed by atoms with Crippen LogP contribution in [0.15, 0.2) is 57.9 Å². The van der Waals surface area contributed by atoms with E-state index in [4.69, 9.17) is 17.3 Å². The van der Waals surface area contributed by atoms with Gasteiger partial charge in [0.05, 0.1) is 10.1 Å². The summed E-state index contributed by atoms with van der Waals surface area (Å²) in [7, 11) is -3.89. The maximum Gasteiger partial charge on any atom is 0.312 e. The van der Waals surface area contributed by atoms with Crippen molar-refractivity contribution in [1.29, 1.82) is 0 Å². The molecule has 1 aliphatic rings. The highest BCUT2D eigenvalue weighted by Gasteiger charge is 2.75. The lowest BCUT2D eigenvalue weighted by Crippen LogP contribution is -2.31. The minimum absolute atomic E-state index is 0.0422. The fraction of sp³-hybridized carbons (Fsp3) is 0.235. The van der Waals surface area contributed by atoms with Crippen molar-refractivity contribution in [3.8, 4) is 0 Å². The molecule has 0 saturated heterocycles. The molecule has 3 atom stereocenters. The topological polar surface area (TPSA) is 97.5 Å². The molecule has 0 spiro atoms. The van der Waals surface area contributed by atoms with Crippen LogP contribution in [0.4, 0.5) is 0 Å². The molecule has 132 valence electrons. The highest BCUT2D eigenvalue weighted by Crippen LogP contribution is 2.63. The van der Waals surface area contributed by atoms with E-state index in [1.807, 2.05) is 0 Å².